The molecule has 1 aliphatic rings. The summed E-state index contributed by atoms with van der Waals surface area (Å²) >= 11 is 0. The van der Waals surface area contributed by atoms with Crippen LogP contribution in [0, 0.1) is 0 Å². The molecule has 0 aromatic heterocycles. The minimum absolute atomic E-state index is 0.165. The summed E-state index contributed by atoms with van der Waals surface area (Å²) < 4.78 is 10.9. The molecule has 0 saturated carbocycles. The number of nitrogens with zero attached hydrogens (tertiary/aromatic N) is 1. The van der Waals surface area contributed by atoms with Gasteiger partial charge in [0.05, 0.1) is 12.0 Å². The van der Waals surface area contributed by atoms with E-state index in [0.29, 0.717) is 12.0 Å². The van der Waals surface area contributed by atoms with Gasteiger partial charge in [-0.2, -0.15) is 0 Å². The Bertz CT molecular complexity index is 1110. The SMILES string of the molecule is CC(OC(=O)c1ccccc1)C(NC(=O)OC(C)(C)C)C(=O)N1Cc2ccccc2C[C@@H]1CC(=O)O. The van der Waals surface area contributed by atoms with Gasteiger partial charge in [-0.15, -0.1) is 0 Å². The third-order valence-electron chi connectivity index (χ3n) is 5.76. The van der Waals surface area contributed by atoms with Gasteiger partial charge in [0, 0.05) is 12.6 Å². The van der Waals surface area contributed by atoms with Crippen LogP contribution in [-0.4, -0.2) is 57.7 Å². The van der Waals surface area contributed by atoms with Gasteiger partial charge in [0.15, 0.2) is 0 Å². The minimum atomic E-state index is -1.30. The molecule has 2 N–H and O–H groups in total. The Hall–Kier alpha value is -3.88. The number of nitrogens with one attached hydrogen (secondary N) is 1. The van der Waals surface area contributed by atoms with Gasteiger partial charge >= 0.3 is 18.0 Å². The summed E-state index contributed by atoms with van der Waals surface area (Å²) in [6.45, 7) is 6.73. The van der Waals surface area contributed by atoms with Crippen molar-refractivity contribution in [2.45, 2.75) is 70.9 Å². The molecular formula is C27H32N2O7. The second-order valence-corrected chi connectivity index (χ2v) is 9.79. The van der Waals surface area contributed by atoms with Gasteiger partial charge in [-0.25, -0.2) is 9.59 Å². The number of aliphatic carboxylic acids is 1. The molecule has 1 aliphatic heterocycles. The van der Waals surface area contributed by atoms with Crippen molar-refractivity contribution in [3.63, 3.8) is 0 Å². The first kappa shape index (κ1) is 26.7. The maximum atomic E-state index is 13.8. The van der Waals surface area contributed by atoms with Crippen molar-refractivity contribution in [1.29, 1.82) is 0 Å². The number of alkyl carbamates (subject to hydrolysis) is 1. The smallest absolute Gasteiger partial charge is 0.408 e. The molecule has 2 aromatic carbocycles. The number of hydrogen-bond acceptors (Lipinski definition) is 6. The van der Waals surface area contributed by atoms with Crippen molar-refractivity contribution in [1.82, 2.24) is 10.2 Å². The number of hydrogen-bond donors (Lipinski definition) is 2. The maximum Gasteiger partial charge on any atom is 0.408 e. The van der Waals surface area contributed by atoms with Crippen LogP contribution in [0.15, 0.2) is 54.6 Å². The molecule has 0 fully saturated rings. The predicted octanol–water partition coefficient (Wildman–Crippen LogP) is 3.55. The highest BCUT2D eigenvalue weighted by molar-refractivity contribution is 5.91. The summed E-state index contributed by atoms with van der Waals surface area (Å²) in [7, 11) is 0. The Labute approximate surface area is 210 Å². The van der Waals surface area contributed by atoms with Gasteiger partial charge in [-0.3, -0.25) is 9.59 Å². The summed E-state index contributed by atoms with van der Waals surface area (Å²) in [5, 5.41) is 12.0. The molecule has 0 bridgehead atoms. The predicted molar refractivity (Wildman–Crippen MR) is 131 cm³/mol. The number of benzene rings is 2. The molecule has 2 aromatic rings. The number of carboxylic acid groups (broad SMARTS) is 1. The van der Waals surface area contributed by atoms with Crippen molar-refractivity contribution in [2.24, 2.45) is 0 Å². The van der Waals surface area contributed by atoms with E-state index >= 15 is 0 Å². The number of rotatable bonds is 7. The van der Waals surface area contributed by atoms with Crippen molar-refractivity contribution < 1.29 is 33.8 Å². The summed E-state index contributed by atoms with van der Waals surface area (Å²) in [5.41, 5.74) is 1.33. The largest absolute Gasteiger partial charge is 0.481 e. The first-order valence-corrected chi connectivity index (χ1v) is 11.8. The van der Waals surface area contributed by atoms with E-state index in [2.05, 4.69) is 5.32 Å². The molecule has 9 heteroatoms. The molecular weight excluding hydrogens is 464 g/mol. The van der Waals surface area contributed by atoms with Crippen molar-refractivity contribution in [3.8, 4) is 0 Å². The number of carbonyl (C=O) groups excluding carboxylic acids is 3. The third-order valence-corrected chi connectivity index (χ3v) is 5.76. The summed E-state index contributed by atoms with van der Waals surface area (Å²) in [5.74, 6) is -2.26. The summed E-state index contributed by atoms with van der Waals surface area (Å²) in [4.78, 5) is 52.2. The topological polar surface area (TPSA) is 122 Å². The van der Waals surface area contributed by atoms with E-state index in [-0.39, 0.29) is 13.0 Å². The highest BCUT2D eigenvalue weighted by Crippen LogP contribution is 2.26. The molecule has 0 spiro atoms. The number of amides is 2. The van der Waals surface area contributed by atoms with Crippen LogP contribution in [0.3, 0.4) is 0 Å². The van der Waals surface area contributed by atoms with E-state index < -0.39 is 47.7 Å². The quantitative estimate of drug-likeness (QED) is 0.562. The lowest BCUT2D eigenvalue weighted by Gasteiger charge is -2.39. The van der Waals surface area contributed by atoms with Crippen LogP contribution in [-0.2, 0) is 32.0 Å². The fraction of sp³-hybridized carbons (Fsp3) is 0.407. The Morgan fingerprint density at radius 1 is 1.03 bits per heavy atom. The van der Waals surface area contributed by atoms with E-state index in [1.165, 1.54) is 11.8 Å². The average molecular weight is 497 g/mol. The lowest BCUT2D eigenvalue weighted by molar-refractivity contribution is -0.144. The van der Waals surface area contributed by atoms with Crippen molar-refractivity contribution in [2.75, 3.05) is 0 Å². The Morgan fingerprint density at radius 3 is 2.25 bits per heavy atom. The number of carbonyl (C=O) groups is 4. The molecule has 1 heterocycles. The second-order valence-electron chi connectivity index (χ2n) is 9.79. The fourth-order valence-corrected chi connectivity index (χ4v) is 4.10. The highest BCUT2D eigenvalue weighted by Gasteiger charge is 2.39. The molecule has 9 nitrogen and oxygen atoms in total. The van der Waals surface area contributed by atoms with Crippen LogP contribution >= 0.6 is 0 Å². The van der Waals surface area contributed by atoms with E-state index in [9.17, 15) is 24.3 Å². The molecule has 3 atom stereocenters. The van der Waals surface area contributed by atoms with Crippen molar-refractivity contribution in [3.05, 3.63) is 71.3 Å². The standard InChI is InChI=1S/C27H32N2O7/c1-17(35-25(33)18-10-6-5-7-11-18)23(28-26(34)36-27(2,3)4)24(32)29-16-20-13-9-8-12-19(20)14-21(29)15-22(30)31/h5-13,17,21,23H,14-16H2,1-4H3,(H,28,34)(H,30,31)/t17?,21-,23?/m1/s1. The van der Waals surface area contributed by atoms with E-state index in [1.807, 2.05) is 24.3 Å². The maximum absolute atomic E-state index is 13.8. The zero-order chi connectivity index (χ0) is 26.5. The van der Waals surface area contributed by atoms with Crippen LogP contribution in [0.1, 0.15) is 55.6 Å². The molecule has 0 radical (unpaired) electrons. The minimum Gasteiger partial charge on any atom is -0.481 e. The molecule has 0 aliphatic carbocycles. The Balaban J connectivity index is 1.89. The van der Waals surface area contributed by atoms with Gasteiger partial charge in [-0.1, -0.05) is 42.5 Å². The van der Waals surface area contributed by atoms with Gasteiger partial charge in [0.25, 0.3) is 0 Å². The number of esters is 1. The molecule has 192 valence electrons. The number of carboxylic acids is 1. The van der Waals surface area contributed by atoms with Crippen molar-refractivity contribution >= 4 is 23.9 Å². The van der Waals surface area contributed by atoms with Gasteiger partial charge in [-0.05, 0) is 57.4 Å². The molecule has 2 amide bonds. The molecule has 2 unspecified atom stereocenters. The Morgan fingerprint density at radius 2 is 1.64 bits per heavy atom. The second kappa shape index (κ2) is 11.2. The van der Waals surface area contributed by atoms with Crippen LogP contribution in [0.5, 0.6) is 0 Å². The average Bonchev–Trinajstić information content (AvgIpc) is 2.80. The first-order valence-electron chi connectivity index (χ1n) is 11.8. The van der Waals surface area contributed by atoms with Crippen LogP contribution < -0.4 is 5.32 Å². The number of ether oxygens (including phenoxy) is 2. The fourth-order valence-electron chi connectivity index (χ4n) is 4.10. The first-order chi connectivity index (χ1) is 16.9. The van der Waals surface area contributed by atoms with Gasteiger partial charge in [0.2, 0.25) is 5.91 Å². The van der Waals surface area contributed by atoms with E-state index in [0.717, 1.165) is 11.1 Å². The highest BCUT2D eigenvalue weighted by atomic mass is 16.6. The third kappa shape index (κ3) is 7.07. The number of fused-ring (bicyclic) bond motifs is 1. The van der Waals surface area contributed by atoms with Gasteiger partial charge < -0.3 is 24.8 Å². The van der Waals surface area contributed by atoms with Crippen LogP contribution in [0.2, 0.25) is 0 Å². The Kier molecular flexibility index (Phi) is 8.34. The lowest BCUT2D eigenvalue weighted by Crippen LogP contribution is -2.58. The molecule has 36 heavy (non-hydrogen) atoms. The molecule has 0 saturated heterocycles. The molecule has 3 rings (SSSR count). The normalized spacial score (nSPS) is 16.8. The zero-order valence-corrected chi connectivity index (χ0v) is 20.9. The van der Waals surface area contributed by atoms with E-state index in [1.54, 1.807) is 51.1 Å². The van der Waals surface area contributed by atoms with E-state index in [4.69, 9.17) is 9.47 Å². The van der Waals surface area contributed by atoms with Gasteiger partial charge in [0.1, 0.15) is 17.7 Å². The summed E-state index contributed by atoms with van der Waals surface area (Å²) in [6, 6.07) is 13.9. The summed E-state index contributed by atoms with van der Waals surface area (Å²) in [6.07, 6.45) is -1.83. The monoisotopic (exact) mass is 496 g/mol. The van der Waals surface area contributed by atoms with Crippen LogP contribution in [0.25, 0.3) is 0 Å². The zero-order valence-electron chi connectivity index (χ0n) is 20.9. The lowest BCUT2D eigenvalue weighted by atomic mass is 9.91. The van der Waals surface area contributed by atoms with Crippen LogP contribution in [0.4, 0.5) is 4.79 Å².